The Kier molecular flexibility index (Phi) is 3.69. The van der Waals surface area contributed by atoms with Crippen molar-refractivity contribution in [1.82, 2.24) is 4.98 Å². The summed E-state index contributed by atoms with van der Waals surface area (Å²) in [5.74, 6) is -0.497. The second-order valence-corrected chi connectivity index (χ2v) is 4.55. The number of nitrogens with zero attached hydrogens (tertiary/aromatic N) is 2. The number of halogens is 3. The molecule has 7 heteroatoms. The molecule has 1 aliphatic rings. The second-order valence-electron chi connectivity index (χ2n) is 4.55. The third kappa shape index (κ3) is 2.61. The van der Waals surface area contributed by atoms with Gasteiger partial charge in [-0.2, -0.15) is 13.2 Å². The lowest BCUT2D eigenvalue weighted by atomic mass is 10.00. The van der Waals surface area contributed by atoms with Gasteiger partial charge in [-0.05, 0) is 18.1 Å². The van der Waals surface area contributed by atoms with Crippen LogP contribution >= 0.6 is 0 Å². The van der Waals surface area contributed by atoms with Crippen LogP contribution < -0.4 is 10.6 Å². The molecule has 0 aromatic carbocycles. The minimum atomic E-state index is -4.42. The molecule has 0 aliphatic carbocycles. The van der Waals surface area contributed by atoms with E-state index in [4.69, 9.17) is 5.73 Å². The van der Waals surface area contributed by atoms with Gasteiger partial charge >= 0.3 is 6.18 Å². The summed E-state index contributed by atoms with van der Waals surface area (Å²) < 4.78 is 39.3. The summed E-state index contributed by atoms with van der Waals surface area (Å²) in [5.41, 5.74) is 5.91. The number of carbonyl (C=O) groups is 1. The molecule has 0 spiro atoms. The van der Waals surface area contributed by atoms with E-state index in [1.807, 2.05) is 0 Å². The van der Waals surface area contributed by atoms with Crippen LogP contribution in [0, 0.1) is 0 Å². The number of nitrogens with two attached hydrogens (primary N) is 1. The molecule has 0 saturated carbocycles. The zero-order valence-electron chi connectivity index (χ0n) is 10.8. The number of anilines is 1. The average Bonchev–Trinajstić information content (AvgIpc) is 2.37. The first-order chi connectivity index (χ1) is 9.34. The molecular weight excluding hydrogens is 271 g/mol. The summed E-state index contributed by atoms with van der Waals surface area (Å²) in [6, 6.07) is 1.54. The van der Waals surface area contributed by atoms with Crippen LogP contribution in [-0.4, -0.2) is 23.1 Å². The number of pyridine rings is 1. The van der Waals surface area contributed by atoms with E-state index in [0.717, 1.165) is 4.90 Å². The van der Waals surface area contributed by atoms with Crippen molar-refractivity contribution < 1.29 is 18.0 Å². The predicted molar refractivity (Wildman–Crippen MR) is 67.8 cm³/mol. The van der Waals surface area contributed by atoms with Crippen molar-refractivity contribution in [2.24, 2.45) is 5.73 Å². The molecule has 1 unspecified atom stereocenters. The molecule has 0 radical (unpaired) electrons. The number of alkyl halides is 3. The Balaban J connectivity index is 2.51. The smallest absolute Gasteiger partial charge is 0.366 e. The molecule has 2 N–H and O–H groups in total. The van der Waals surface area contributed by atoms with E-state index >= 15 is 0 Å². The van der Waals surface area contributed by atoms with Gasteiger partial charge in [0.25, 0.3) is 0 Å². The summed E-state index contributed by atoms with van der Waals surface area (Å²) in [4.78, 5) is 16.3. The van der Waals surface area contributed by atoms with E-state index in [-0.39, 0.29) is 24.2 Å². The summed E-state index contributed by atoms with van der Waals surface area (Å²) >= 11 is 0. The predicted octanol–water partition coefficient (Wildman–Crippen LogP) is 2.15. The number of primary amides is 1. The number of carbonyl (C=O) groups excluding carboxylic acids is 1. The zero-order chi connectivity index (χ0) is 14.9. The maximum Gasteiger partial charge on any atom is 0.409 e. The molecule has 1 aromatic heterocycles. The molecule has 20 heavy (non-hydrogen) atoms. The number of rotatable bonds is 3. The van der Waals surface area contributed by atoms with Crippen molar-refractivity contribution >= 4 is 11.7 Å². The van der Waals surface area contributed by atoms with Gasteiger partial charge in [-0.1, -0.05) is 13.0 Å². The van der Waals surface area contributed by atoms with Crippen LogP contribution in [-0.2, 0) is 11.2 Å². The van der Waals surface area contributed by atoms with Crippen LogP contribution in [0.4, 0.5) is 19.0 Å². The molecule has 4 nitrogen and oxygen atoms in total. The van der Waals surface area contributed by atoms with Gasteiger partial charge in [0.05, 0.1) is 0 Å². The molecule has 1 aromatic rings. The highest BCUT2D eigenvalue weighted by Crippen LogP contribution is 2.35. The quantitative estimate of drug-likeness (QED) is 0.925. The van der Waals surface area contributed by atoms with E-state index in [2.05, 4.69) is 4.98 Å². The molecule has 0 saturated heterocycles. The Morgan fingerprint density at radius 3 is 2.80 bits per heavy atom. The second kappa shape index (κ2) is 5.15. The topological polar surface area (TPSA) is 59.2 Å². The Bertz CT molecular complexity index is 554. The van der Waals surface area contributed by atoms with Crippen molar-refractivity contribution in [1.29, 1.82) is 0 Å². The fourth-order valence-electron chi connectivity index (χ4n) is 2.25. The van der Waals surface area contributed by atoms with Crippen LogP contribution in [0.15, 0.2) is 30.1 Å². The van der Waals surface area contributed by atoms with Gasteiger partial charge in [0.1, 0.15) is 11.9 Å². The monoisotopic (exact) mass is 285 g/mol. The molecule has 1 atom stereocenters. The van der Waals surface area contributed by atoms with Crippen LogP contribution in [0.1, 0.15) is 18.9 Å². The molecule has 1 amide bonds. The first kappa shape index (κ1) is 14.4. The van der Waals surface area contributed by atoms with Gasteiger partial charge in [0.2, 0.25) is 5.91 Å². The fraction of sp³-hybridized carbons (Fsp3) is 0.385. The molecule has 1 aliphatic heterocycles. The third-order valence-corrected chi connectivity index (χ3v) is 3.20. The van der Waals surface area contributed by atoms with Crippen molar-refractivity contribution in [3.63, 3.8) is 0 Å². The highest BCUT2D eigenvalue weighted by Gasteiger charge is 2.44. The Morgan fingerprint density at radius 1 is 1.55 bits per heavy atom. The van der Waals surface area contributed by atoms with Gasteiger partial charge < -0.3 is 10.6 Å². The number of hydrogen-bond acceptors (Lipinski definition) is 3. The highest BCUT2D eigenvalue weighted by atomic mass is 19.4. The average molecular weight is 285 g/mol. The van der Waals surface area contributed by atoms with Crippen molar-refractivity contribution in [3.8, 4) is 0 Å². The number of hydrogen-bond donors (Lipinski definition) is 1. The summed E-state index contributed by atoms with van der Waals surface area (Å²) in [6.07, 6.45) is -1.77. The van der Waals surface area contributed by atoms with E-state index in [9.17, 15) is 18.0 Å². The lowest BCUT2D eigenvalue weighted by Gasteiger charge is -2.34. The first-order valence-electron chi connectivity index (χ1n) is 6.14. The van der Waals surface area contributed by atoms with E-state index in [0.29, 0.717) is 5.56 Å². The summed E-state index contributed by atoms with van der Waals surface area (Å²) in [7, 11) is 0. The van der Waals surface area contributed by atoms with Crippen molar-refractivity contribution in [3.05, 3.63) is 35.7 Å². The maximum absolute atomic E-state index is 13.1. The van der Waals surface area contributed by atoms with Gasteiger partial charge in [0.15, 0.2) is 0 Å². The van der Waals surface area contributed by atoms with E-state index in [1.165, 1.54) is 19.3 Å². The molecule has 108 valence electrons. The Hall–Kier alpha value is -2.05. The lowest BCUT2D eigenvalue weighted by molar-refractivity contribution is -0.148. The van der Waals surface area contributed by atoms with Crippen LogP contribution in [0.2, 0.25) is 0 Å². The molecule has 2 rings (SSSR count). The minimum Gasteiger partial charge on any atom is -0.366 e. The number of fused-ring (bicyclic) bond motifs is 1. The SMILES string of the molecule is CCC(N1C=C(C(N)=O)Cc2cccnc21)C(F)(F)F. The number of amides is 1. The molecular formula is C13H14F3N3O. The van der Waals surface area contributed by atoms with E-state index < -0.39 is 18.1 Å². The first-order valence-corrected chi connectivity index (χ1v) is 6.14. The Labute approximate surface area is 114 Å². The van der Waals surface area contributed by atoms with Crippen LogP contribution in [0.5, 0.6) is 0 Å². The lowest BCUT2D eigenvalue weighted by Crippen LogP contribution is -2.45. The minimum absolute atomic E-state index is 0.146. The van der Waals surface area contributed by atoms with Gasteiger partial charge in [-0.3, -0.25) is 4.79 Å². The maximum atomic E-state index is 13.1. The normalized spacial score (nSPS) is 16.4. The molecule has 0 bridgehead atoms. The third-order valence-electron chi connectivity index (χ3n) is 3.20. The molecule has 0 fully saturated rings. The van der Waals surface area contributed by atoms with Crippen LogP contribution in [0.3, 0.4) is 0 Å². The van der Waals surface area contributed by atoms with Crippen LogP contribution in [0.25, 0.3) is 0 Å². The van der Waals surface area contributed by atoms with Crippen molar-refractivity contribution in [2.75, 3.05) is 4.90 Å². The van der Waals surface area contributed by atoms with Crippen molar-refractivity contribution in [2.45, 2.75) is 32.0 Å². The standard InChI is InChI=1S/C13H14F3N3O/c1-2-10(13(14,15)16)19-7-9(11(17)20)6-8-4-3-5-18-12(8)19/h3-5,7,10H,2,6H2,1H3,(H2,17,20). The van der Waals surface area contributed by atoms with E-state index in [1.54, 1.807) is 12.1 Å². The number of aromatic nitrogens is 1. The fourth-order valence-corrected chi connectivity index (χ4v) is 2.25. The van der Waals surface area contributed by atoms with Gasteiger partial charge in [0, 0.05) is 24.4 Å². The zero-order valence-corrected chi connectivity index (χ0v) is 10.8. The highest BCUT2D eigenvalue weighted by molar-refractivity contribution is 5.93. The van der Waals surface area contributed by atoms with Gasteiger partial charge in [-0.25, -0.2) is 4.98 Å². The largest absolute Gasteiger partial charge is 0.409 e. The molecule has 2 heterocycles. The Morgan fingerprint density at radius 2 is 2.25 bits per heavy atom. The summed E-state index contributed by atoms with van der Waals surface area (Å²) in [5, 5.41) is 0. The van der Waals surface area contributed by atoms with Gasteiger partial charge in [-0.15, -0.1) is 0 Å². The summed E-state index contributed by atoms with van der Waals surface area (Å²) in [6.45, 7) is 1.44.